The Bertz CT molecular complexity index is 631. The molecule has 112 valence electrons. The van der Waals surface area contributed by atoms with E-state index >= 15 is 0 Å². The Labute approximate surface area is 128 Å². The summed E-state index contributed by atoms with van der Waals surface area (Å²) >= 11 is 0. The van der Waals surface area contributed by atoms with Crippen LogP contribution < -0.4 is 4.43 Å². The molecule has 2 rings (SSSR count). The van der Waals surface area contributed by atoms with Crippen molar-refractivity contribution in [2.45, 2.75) is 39.9 Å². The molecule has 1 aromatic heterocycles. The fourth-order valence-electron chi connectivity index (χ4n) is 2.24. The van der Waals surface area contributed by atoms with E-state index in [1.165, 1.54) is 0 Å². The van der Waals surface area contributed by atoms with Gasteiger partial charge in [0.05, 0.1) is 11.8 Å². The summed E-state index contributed by atoms with van der Waals surface area (Å²) in [6.07, 6.45) is 0. The molecule has 4 heteroatoms. The third kappa shape index (κ3) is 4.08. The van der Waals surface area contributed by atoms with E-state index in [1.807, 2.05) is 44.2 Å². The van der Waals surface area contributed by atoms with Gasteiger partial charge < -0.3 is 8.84 Å². The number of nitrogens with zero attached hydrogens (tertiary/aromatic N) is 1. The van der Waals surface area contributed by atoms with Gasteiger partial charge in [0.25, 0.3) is 0 Å². The van der Waals surface area contributed by atoms with Gasteiger partial charge in [-0.1, -0.05) is 18.2 Å². The highest BCUT2D eigenvalue weighted by Crippen LogP contribution is 2.28. The molecular weight excluding hydrogens is 278 g/mol. The Morgan fingerprint density at radius 2 is 1.90 bits per heavy atom. The zero-order valence-electron chi connectivity index (χ0n) is 13.4. The van der Waals surface area contributed by atoms with Gasteiger partial charge in [0.1, 0.15) is 17.3 Å². The van der Waals surface area contributed by atoms with Crippen LogP contribution in [0.15, 0.2) is 45.8 Å². The number of aryl methyl sites for hydroxylation is 1. The summed E-state index contributed by atoms with van der Waals surface area (Å²) in [6.45, 7) is 10.3. The first kappa shape index (κ1) is 15.6. The van der Waals surface area contributed by atoms with E-state index in [-0.39, 0.29) is 6.04 Å². The van der Waals surface area contributed by atoms with Crippen LogP contribution >= 0.6 is 0 Å². The highest BCUT2D eigenvalue weighted by Gasteiger charge is 2.13. The van der Waals surface area contributed by atoms with Crippen molar-refractivity contribution in [1.82, 2.24) is 0 Å². The van der Waals surface area contributed by atoms with Crippen molar-refractivity contribution in [3.63, 3.8) is 0 Å². The molecule has 0 aliphatic heterocycles. The van der Waals surface area contributed by atoms with E-state index in [4.69, 9.17) is 13.8 Å². The van der Waals surface area contributed by atoms with Crippen LogP contribution in [0.4, 0.5) is 0 Å². The van der Waals surface area contributed by atoms with Crippen LogP contribution in [0.3, 0.4) is 0 Å². The molecule has 0 bridgehead atoms. The quantitative estimate of drug-likeness (QED) is 0.601. The summed E-state index contributed by atoms with van der Waals surface area (Å²) in [4.78, 5) is 4.76. The number of benzene rings is 1. The number of para-hydroxylation sites is 1. The minimum absolute atomic E-state index is 0.0411. The molecule has 0 N–H and O–H groups in total. The third-order valence-electron chi connectivity index (χ3n) is 3.22. The SMILES string of the molecule is CC(=NC(C)c1ccccc1O[SiH](C)C)c1ccc(C)o1. The van der Waals surface area contributed by atoms with Crippen LogP contribution in [0.25, 0.3) is 0 Å². The fraction of sp³-hybridized carbons (Fsp3) is 0.353. The molecule has 0 radical (unpaired) electrons. The lowest BCUT2D eigenvalue weighted by Crippen LogP contribution is -2.13. The second kappa shape index (κ2) is 6.76. The zero-order chi connectivity index (χ0) is 15.4. The van der Waals surface area contributed by atoms with E-state index in [1.54, 1.807) is 0 Å². The molecule has 1 aromatic carbocycles. The summed E-state index contributed by atoms with van der Waals surface area (Å²) in [5, 5.41) is 0. The molecule has 0 amide bonds. The highest BCUT2D eigenvalue weighted by molar-refractivity contribution is 6.49. The molecule has 1 unspecified atom stereocenters. The Morgan fingerprint density at radius 1 is 1.19 bits per heavy atom. The monoisotopic (exact) mass is 301 g/mol. The molecule has 21 heavy (non-hydrogen) atoms. The van der Waals surface area contributed by atoms with Crippen molar-refractivity contribution in [2.24, 2.45) is 4.99 Å². The van der Waals surface area contributed by atoms with Gasteiger partial charge in [-0.05, 0) is 52.1 Å². The maximum atomic E-state index is 6.00. The van der Waals surface area contributed by atoms with Crippen LogP contribution in [0, 0.1) is 6.92 Å². The van der Waals surface area contributed by atoms with Crippen LogP contribution in [0.2, 0.25) is 13.1 Å². The lowest BCUT2D eigenvalue weighted by atomic mass is 10.1. The van der Waals surface area contributed by atoms with Crippen LogP contribution in [-0.4, -0.2) is 14.8 Å². The van der Waals surface area contributed by atoms with Gasteiger partial charge in [-0.25, -0.2) is 0 Å². The van der Waals surface area contributed by atoms with Crippen molar-refractivity contribution >= 4 is 14.8 Å². The molecule has 0 aliphatic carbocycles. The number of rotatable bonds is 5. The van der Waals surface area contributed by atoms with Gasteiger partial charge >= 0.3 is 0 Å². The summed E-state index contributed by atoms with van der Waals surface area (Å²) in [7, 11) is -1.13. The minimum atomic E-state index is -1.13. The summed E-state index contributed by atoms with van der Waals surface area (Å²) < 4.78 is 11.6. The first-order chi connectivity index (χ1) is 9.97. The standard InChI is InChI=1S/C17H23NO2Si/c1-12-10-11-16(19-12)14(3)18-13(2)15-8-6-7-9-17(15)20-21(4)5/h6-11,13,21H,1-5H3. The molecule has 0 fully saturated rings. The van der Waals surface area contributed by atoms with E-state index in [0.717, 1.165) is 28.5 Å². The smallest absolute Gasteiger partial charge is 0.229 e. The van der Waals surface area contributed by atoms with Gasteiger partial charge in [0.15, 0.2) is 0 Å². The molecular formula is C17H23NO2Si. The van der Waals surface area contributed by atoms with Gasteiger partial charge in [0.2, 0.25) is 9.04 Å². The number of aliphatic imine (C=N–C) groups is 1. The largest absolute Gasteiger partial charge is 0.547 e. The minimum Gasteiger partial charge on any atom is -0.547 e. The van der Waals surface area contributed by atoms with Crippen LogP contribution in [-0.2, 0) is 0 Å². The topological polar surface area (TPSA) is 34.7 Å². The number of hydrogen-bond donors (Lipinski definition) is 0. The maximum Gasteiger partial charge on any atom is 0.229 e. The molecule has 0 aliphatic rings. The fourth-order valence-corrected chi connectivity index (χ4v) is 2.96. The molecule has 3 nitrogen and oxygen atoms in total. The lowest BCUT2D eigenvalue weighted by Gasteiger charge is -2.17. The van der Waals surface area contributed by atoms with Gasteiger partial charge in [-0.15, -0.1) is 0 Å². The number of hydrogen-bond acceptors (Lipinski definition) is 3. The second-order valence-electron chi connectivity index (χ2n) is 5.51. The molecule has 0 spiro atoms. The van der Waals surface area contributed by atoms with E-state index in [0.29, 0.717) is 0 Å². The van der Waals surface area contributed by atoms with Crippen LogP contribution in [0.5, 0.6) is 5.75 Å². The zero-order valence-corrected chi connectivity index (χ0v) is 14.5. The number of furan rings is 1. The predicted molar refractivity (Wildman–Crippen MR) is 90.0 cm³/mol. The average molecular weight is 301 g/mol. The van der Waals surface area contributed by atoms with Crippen molar-refractivity contribution < 1.29 is 8.84 Å². The molecule has 0 saturated heterocycles. The normalized spacial score (nSPS) is 13.5. The maximum absolute atomic E-state index is 6.00. The highest BCUT2D eigenvalue weighted by atomic mass is 28.3. The van der Waals surface area contributed by atoms with Crippen LogP contribution in [0.1, 0.15) is 37.0 Å². The van der Waals surface area contributed by atoms with Crippen molar-refractivity contribution in [3.05, 3.63) is 53.5 Å². The van der Waals surface area contributed by atoms with E-state index in [9.17, 15) is 0 Å². The van der Waals surface area contributed by atoms with E-state index in [2.05, 4.69) is 26.1 Å². The lowest BCUT2D eigenvalue weighted by molar-refractivity contribution is 0.524. The summed E-state index contributed by atoms with van der Waals surface area (Å²) in [6, 6.07) is 12.1. The average Bonchev–Trinajstić information content (AvgIpc) is 2.85. The van der Waals surface area contributed by atoms with Crippen molar-refractivity contribution in [1.29, 1.82) is 0 Å². The van der Waals surface area contributed by atoms with Crippen molar-refractivity contribution in [3.8, 4) is 5.75 Å². The Hall–Kier alpha value is -1.81. The first-order valence-corrected chi connectivity index (χ1v) is 10.1. The molecule has 1 heterocycles. The molecule has 0 saturated carbocycles. The summed E-state index contributed by atoms with van der Waals surface area (Å²) in [5.74, 6) is 2.69. The van der Waals surface area contributed by atoms with Gasteiger partial charge in [-0.3, -0.25) is 4.99 Å². The van der Waals surface area contributed by atoms with Gasteiger partial charge in [-0.2, -0.15) is 0 Å². The first-order valence-electron chi connectivity index (χ1n) is 7.34. The second-order valence-corrected chi connectivity index (χ2v) is 7.84. The van der Waals surface area contributed by atoms with Gasteiger partial charge in [0, 0.05) is 5.56 Å². The summed E-state index contributed by atoms with van der Waals surface area (Å²) in [5.41, 5.74) is 2.04. The Balaban J connectivity index is 2.25. The predicted octanol–water partition coefficient (Wildman–Crippen LogP) is 4.52. The Morgan fingerprint density at radius 3 is 2.52 bits per heavy atom. The molecule has 2 aromatic rings. The van der Waals surface area contributed by atoms with E-state index < -0.39 is 9.04 Å². The molecule has 1 atom stereocenters. The van der Waals surface area contributed by atoms with Crippen molar-refractivity contribution in [2.75, 3.05) is 0 Å². The third-order valence-corrected chi connectivity index (χ3v) is 3.94. The Kier molecular flexibility index (Phi) is 5.01.